The SMILES string of the molecule is CNC(=O)c1cn(CCc2ccccc2)cc(C(=O)NCC2CC3C=CC2C32CC2)c1=O. The highest BCUT2D eigenvalue weighted by molar-refractivity contribution is 5.99. The Kier molecular flexibility index (Phi) is 5.24. The summed E-state index contributed by atoms with van der Waals surface area (Å²) in [4.78, 5) is 38.3. The molecule has 2 bridgehead atoms. The molecule has 2 N–H and O–H groups in total. The van der Waals surface area contributed by atoms with E-state index < -0.39 is 17.2 Å². The van der Waals surface area contributed by atoms with Gasteiger partial charge in [-0.25, -0.2) is 0 Å². The van der Waals surface area contributed by atoms with E-state index in [1.165, 1.54) is 19.9 Å². The Balaban J connectivity index is 1.33. The molecule has 3 aliphatic rings. The van der Waals surface area contributed by atoms with Gasteiger partial charge >= 0.3 is 0 Å². The lowest BCUT2D eigenvalue weighted by atomic mass is 9.89. The lowest BCUT2D eigenvalue weighted by Gasteiger charge is -2.20. The Bertz CT molecular complexity index is 1130. The third-order valence-corrected chi connectivity index (χ3v) is 7.67. The van der Waals surface area contributed by atoms with Crippen molar-refractivity contribution in [3.8, 4) is 0 Å². The van der Waals surface area contributed by atoms with Crippen LogP contribution in [0.1, 0.15) is 45.5 Å². The highest BCUT2D eigenvalue weighted by atomic mass is 16.2. The maximum absolute atomic E-state index is 13.0. The highest BCUT2D eigenvalue weighted by Crippen LogP contribution is 2.69. The smallest absolute Gasteiger partial charge is 0.256 e. The Morgan fingerprint density at radius 3 is 2.44 bits per heavy atom. The monoisotopic (exact) mass is 431 g/mol. The third-order valence-electron chi connectivity index (χ3n) is 7.67. The average molecular weight is 432 g/mol. The predicted molar refractivity (Wildman–Crippen MR) is 122 cm³/mol. The van der Waals surface area contributed by atoms with Crippen molar-refractivity contribution in [1.82, 2.24) is 15.2 Å². The van der Waals surface area contributed by atoms with Crippen molar-refractivity contribution < 1.29 is 9.59 Å². The zero-order chi connectivity index (χ0) is 22.3. The van der Waals surface area contributed by atoms with E-state index in [2.05, 4.69) is 22.8 Å². The second-order valence-corrected chi connectivity index (χ2v) is 9.42. The molecule has 1 aromatic carbocycles. The fraction of sp³-hybridized carbons (Fsp3) is 0.423. The van der Waals surface area contributed by atoms with Crippen LogP contribution in [0.25, 0.3) is 0 Å². The molecule has 2 amide bonds. The van der Waals surface area contributed by atoms with E-state index >= 15 is 0 Å². The molecule has 1 aromatic heterocycles. The molecule has 1 spiro atoms. The Morgan fingerprint density at radius 2 is 1.78 bits per heavy atom. The lowest BCUT2D eigenvalue weighted by molar-refractivity contribution is 0.0942. The number of hydrogen-bond acceptors (Lipinski definition) is 3. The molecule has 3 unspecified atom stereocenters. The maximum atomic E-state index is 13.0. The van der Waals surface area contributed by atoms with Gasteiger partial charge in [-0.3, -0.25) is 14.4 Å². The molecule has 2 saturated carbocycles. The largest absolute Gasteiger partial charge is 0.355 e. The molecule has 2 aromatic rings. The molecule has 0 saturated heterocycles. The fourth-order valence-electron chi connectivity index (χ4n) is 5.80. The number of benzene rings is 1. The Morgan fingerprint density at radius 1 is 1.06 bits per heavy atom. The molecule has 3 aliphatic carbocycles. The average Bonchev–Trinajstić information content (AvgIpc) is 3.49. The summed E-state index contributed by atoms with van der Waals surface area (Å²) in [5.41, 5.74) is 1.12. The molecule has 6 heteroatoms. The van der Waals surface area contributed by atoms with Gasteiger partial charge in [0.2, 0.25) is 5.43 Å². The minimum absolute atomic E-state index is 0.00648. The van der Waals surface area contributed by atoms with Gasteiger partial charge in [0.25, 0.3) is 11.8 Å². The topological polar surface area (TPSA) is 80.2 Å². The molecule has 166 valence electrons. The Labute approximate surface area is 187 Å². The van der Waals surface area contributed by atoms with Crippen LogP contribution < -0.4 is 16.1 Å². The molecule has 6 nitrogen and oxygen atoms in total. The normalized spacial score (nSPS) is 24.0. The molecule has 32 heavy (non-hydrogen) atoms. The van der Waals surface area contributed by atoms with Crippen molar-refractivity contribution in [1.29, 1.82) is 0 Å². The number of aromatic nitrogens is 1. The van der Waals surface area contributed by atoms with E-state index in [4.69, 9.17) is 0 Å². The third kappa shape index (κ3) is 3.57. The van der Waals surface area contributed by atoms with Crippen LogP contribution in [0.15, 0.2) is 59.7 Å². The first-order valence-electron chi connectivity index (χ1n) is 11.5. The fourth-order valence-corrected chi connectivity index (χ4v) is 5.80. The minimum Gasteiger partial charge on any atom is -0.355 e. The van der Waals surface area contributed by atoms with E-state index in [1.54, 1.807) is 17.0 Å². The van der Waals surface area contributed by atoms with E-state index in [0.717, 1.165) is 18.4 Å². The number of nitrogens with one attached hydrogen (secondary N) is 2. The van der Waals surface area contributed by atoms with Crippen LogP contribution in [-0.2, 0) is 13.0 Å². The summed E-state index contributed by atoms with van der Waals surface area (Å²) < 4.78 is 1.77. The highest BCUT2D eigenvalue weighted by Gasteiger charge is 2.62. The second-order valence-electron chi connectivity index (χ2n) is 9.42. The van der Waals surface area contributed by atoms with Crippen LogP contribution in [0.5, 0.6) is 0 Å². The summed E-state index contributed by atoms with van der Waals surface area (Å²) in [6.45, 7) is 1.13. The van der Waals surface area contributed by atoms with Gasteiger partial charge in [-0.1, -0.05) is 42.5 Å². The van der Waals surface area contributed by atoms with Gasteiger partial charge in [0.1, 0.15) is 11.1 Å². The number of rotatable bonds is 7. The van der Waals surface area contributed by atoms with E-state index in [-0.39, 0.29) is 11.1 Å². The predicted octanol–water partition coefficient (Wildman–Crippen LogP) is 2.78. The van der Waals surface area contributed by atoms with Crippen LogP contribution in [0.4, 0.5) is 0 Å². The van der Waals surface area contributed by atoms with Crippen molar-refractivity contribution in [2.45, 2.75) is 32.2 Å². The van der Waals surface area contributed by atoms with E-state index in [0.29, 0.717) is 36.3 Å². The van der Waals surface area contributed by atoms with Crippen LogP contribution in [0, 0.1) is 23.2 Å². The zero-order valence-corrected chi connectivity index (χ0v) is 18.3. The van der Waals surface area contributed by atoms with Gasteiger partial charge in [-0.15, -0.1) is 0 Å². The molecule has 1 heterocycles. The number of hydrogen-bond donors (Lipinski definition) is 2. The molecule has 0 radical (unpaired) electrons. The lowest BCUT2D eigenvalue weighted by Crippen LogP contribution is -2.37. The van der Waals surface area contributed by atoms with Crippen LogP contribution in [0.2, 0.25) is 0 Å². The van der Waals surface area contributed by atoms with E-state index in [1.807, 2.05) is 30.3 Å². The number of pyridine rings is 1. The van der Waals surface area contributed by atoms with Crippen molar-refractivity contribution >= 4 is 11.8 Å². The first-order valence-corrected chi connectivity index (χ1v) is 11.5. The standard InChI is InChI=1S/C26H29N3O3/c1-27-24(31)20-15-29(12-9-17-5-3-2-4-6-17)16-21(23(20)30)25(32)28-14-18-13-19-7-8-22(18)26(19)10-11-26/h2-8,15-16,18-19,22H,9-14H2,1H3,(H,27,31)(H,28,32). The van der Waals surface area contributed by atoms with Gasteiger partial charge < -0.3 is 15.2 Å². The number of carbonyl (C=O) groups is 2. The Hall–Kier alpha value is -3.15. The summed E-state index contributed by atoms with van der Waals surface area (Å²) in [5, 5.41) is 5.51. The summed E-state index contributed by atoms with van der Waals surface area (Å²) in [6, 6.07) is 9.99. The van der Waals surface area contributed by atoms with Gasteiger partial charge in [0, 0.05) is 32.5 Å². The maximum Gasteiger partial charge on any atom is 0.256 e. The first kappa shape index (κ1) is 20.7. The minimum atomic E-state index is -0.524. The second kappa shape index (κ2) is 8.08. The van der Waals surface area contributed by atoms with Crippen LogP contribution >= 0.6 is 0 Å². The van der Waals surface area contributed by atoms with Gasteiger partial charge in [-0.05, 0) is 54.4 Å². The molecule has 2 fully saturated rings. The van der Waals surface area contributed by atoms with Crippen molar-refractivity contribution in [2.75, 3.05) is 13.6 Å². The van der Waals surface area contributed by atoms with Crippen molar-refractivity contribution in [3.05, 3.63) is 81.8 Å². The van der Waals surface area contributed by atoms with Crippen LogP contribution in [0.3, 0.4) is 0 Å². The van der Waals surface area contributed by atoms with Gasteiger partial charge in [0.15, 0.2) is 0 Å². The van der Waals surface area contributed by atoms with Gasteiger partial charge in [0.05, 0.1) is 0 Å². The van der Waals surface area contributed by atoms with Gasteiger partial charge in [-0.2, -0.15) is 0 Å². The summed E-state index contributed by atoms with van der Waals surface area (Å²) in [5.74, 6) is 0.755. The quantitative estimate of drug-likeness (QED) is 0.662. The molecule has 5 rings (SSSR count). The van der Waals surface area contributed by atoms with E-state index in [9.17, 15) is 14.4 Å². The van der Waals surface area contributed by atoms with Crippen LogP contribution in [-0.4, -0.2) is 30.0 Å². The molecular weight excluding hydrogens is 402 g/mol. The van der Waals surface area contributed by atoms with Crippen molar-refractivity contribution in [2.24, 2.45) is 23.2 Å². The molecule has 3 atom stereocenters. The number of nitrogens with zero attached hydrogens (tertiary/aromatic N) is 1. The zero-order valence-electron chi connectivity index (χ0n) is 18.3. The molecule has 0 aliphatic heterocycles. The summed E-state index contributed by atoms with van der Waals surface area (Å²) in [7, 11) is 1.49. The first-order chi connectivity index (χ1) is 15.5. The summed E-state index contributed by atoms with van der Waals surface area (Å²) in [6.07, 6.45) is 12.2. The van der Waals surface area contributed by atoms with Crippen molar-refractivity contribution in [3.63, 3.8) is 0 Å². The number of allylic oxidation sites excluding steroid dienone is 2. The number of carbonyl (C=O) groups excluding carboxylic acids is 2. The number of amides is 2. The summed E-state index contributed by atoms with van der Waals surface area (Å²) >= 11 is 0. The molecular formula is C26H29N3O3. The number of aryl methyl sites for hydroxylation is 2.